The van der Waals surface area contributed by atoms with Gasteiger partial charge in [0.25, 0.3) is 0 Å². The highest BCUT2D eigenvalue weighted by atomic mass is 16.5. The van der Waals surface area contributed by atoms with E-state index >= 15 is 0 Å². The van der Waals surface area contributed by atoms with Crippen molar-refractivity contribution >= 4 is 5.88 Å². The van der Waals surface area contributed by atoms with Crippen molar-refractivity contribution in [3.05, 3.63) is 23.9 Å². The van der Waals surface area contributed by atoms with Crippen LogP contribution >= 0.6 is 0 Å². The van der Waals surface area contributed by atoms with Crippen LogP contribution in [0.15, 0.2) is 22.7 Å². The van der Waals surface area contributed by atoms with Crippen molar-refractivity contribution in [2.24, 2.45) is 0 Å². The number of ether oxygens (including phenoxy) is 2. The Morgan fingerprint density at radius 2 is 1.95 bits per heavy atom. The molecule has 1 aromatic carbocycles. The van der Waals surface area contributed by atoms with E-state index in [-0.39, 0.29) is 0 Å². The summed E-state index contributed by atoms with van der Waals surface area (Å²) >= 11 is 0. The molecule has 5 nitrogen and oxygen atoms in total. The van der Waals surface area contributed by atoms with Crippen molar-refractivity contribution in [2.75, 3.05) is 20.0 Å². The van der Waals surface area contributed by atoms with Crippen molar-refractivity contribution in [1.29, 1.82) is 0 Å². The van der Waals surface area contributed by atoms with E-state index in [4.69, 9.17) is 19.7 Å². The van der Waals surface area contributed by atoms with Crippen LogP contribution in [0.2, 0.25) is 0 Å². The first-order valence-electron chi connectivity index (χ1n) is 6.22. The molecule has 0 aliphatic heterocycles. The summed E-state index contributed by atoms with van der Waals surface area (Å²) in [5, 5.41) is 4.08. The standard InChI is InChI=1S/C14H16N2O3/c1-17-10-6-5-9(7-11(10)18-2)12-13(8-3-4-8)16-19-14(12)15/h5-8H,3-4,15H2,1-2H3. The predicted molar refractivity (Wildman–Crippen MR) is 71.4 cm³/mol. The number of nitrogens with zero attached hydrogens (tertiary/aromatic N) is 1. The van der Waals surface area contributed by atoms with Crippen LogP contribution in [0.25, 0.3) is 11.1 Å². The predicted octanol–water partition coefficient (Wildman–Crippen LogP) is 2.82. The smallest absolute Gasteiger partial charge is 0.230 e. The molecular weight excluding hydrogens is 244 g/mol. The van der Waals surface area contributed by atoms with Crippen molar-refractivity contribution in [2.45, 2.75) is 18.8 Å². The number of hydrogen-bond acceptors (Lipinski definition) is 5. The summed E-state index contributed by atoms with van der Waals surface area (Å²) in [5.74, 6) is 2.19. The Bertz CT molecular complexity index is 603. The van der Waals surface area contributed by atoms with Crippen LogP contribution in [0.1, 0.15) is 24.5 Å². The summed E-state index contributed by atoms with van der Waals surface area (Å²) in [4.78, 5) is 0. The van der Waals surface area contributed by atoms with Crippen molar-refractivity contribution in [3.8, 4) is 22.6 Å². The molecule has 19 heavy (non-hydrogen) atoms. The number of nitrogens with two attached hydrogens (primary N) is 1. The molecule has 1 saturated carbocycles. The lowest BCUT2D eigenvalue weighted by Gasteiger charge is -2.09. The number of aromatic nitrogens is 1. The molecule has 1 fully saturated rings. The zero-order valence-corrected chi connectivity index (χ0v) is 11.0. The molecule has 0 atom stereocenters. The molecular formula is C14H16N2O3. The second-order valence-electron chi connectivity index (χ2n) is 4.65. The molecule has 3 rings (SSSR count). The van der Waals surface area contributed by atoms with E-state index in [9.17, 15) is 0 Å². The minimum Gasteiger partial charge on any atom is -0.493 e. The van der Waals surface area contributed by atoms with Gasteiger partial charge >= 0.3 is 0 Å². The number of rotatable bonds is 4. The Balaban J connectivity index is 2.09. The van der Waals surface area contributed by atoms with E-state index in [1.165, 1.54) is 0 Å². The Morgan fingerprint density at radius 1 is 1.21 bits per heavy atom. The summed E-state index contributed by atoms with van der Waals surface area (Å²) in [5.41, 5.74) is 8.67. The summed E-state index contributed by atoms with van der Waals surface area (Å²) in [6.07, 6.45) is 2.29. The first-order valence-corrected chi connectivity index (χ1v) is 6.22. The molecule has 2 aromatic rings. The Kier molecular flexibility index (Phi) is 2.81. The van der Waals surface area contributed by atoms with Crippen LogP contribution in [0.5, 0.6) is 11.5 Å². The lowest BCUT2D eigenvalue weighted by Crippen LogP contribution is -1.93. The second kappa shape index (κ2) is 4.50. The molecule has 1 aliphatic carbocycles. The van der Waals surface area contributed by atoms with Gasteiger partial charge in [0.2, 0.25) is 5.88 Å². The van der Waals surface area contributed by atoms with E-state index in [1.807, 2.05) is 18.2 Å². The van der Waals surface area contributed by atoms with Crippen molar-refractivity contribution in [3.63, 3.8) is 0 Å². The Hall–Kier alpha value is -2.17. The Morgan fingerprint density at radius 3 is 2.58 bits per heavy atom. The van der Waals surface area contributed by atoms with Gasteiger partial charge in [-0.1, -0.05) is 11.2 Å². The van der Waals surface area contributed by atoms with Gasteiger partial charge < -0.3 is 19.7 Å². The lowest BCUT2D eigenvalue weighted by atomic mass is 10.0. The first kappa shape index (κ1) is 11.9. The molecule has 0 unspecified atom stereocenters. The fraction of sp³-hybridized carbons (Fsp3) is 0.357. The fourth-order valence-corrected chi connectivity index (χ4v) is 2.23. The van der Waals surface area contributed by atoms with Crippen LogP contribution < -0.4 is 15.2 Å². The largest absolute Gasteiger partial charge is 0.493 e. The summed E-state index contributed by atoms with van der Waals surface area (Å²) in [6.45, 7) is 0. The monoisotopic (exact) mass is 260 g/mol. The minimum atomic E-state index is 0.356. The van der Waals surface area contributed by atoms with Crippen LogP contribution in [0.4, 0.5) is 5.88 Å². The maximum Gasteiger partial charge on any atom is 0.230 e. The molecule has 0 amide bonds. The number of methoxy groups -OCH3 is 2. The molecule has 100 valence electrons. The molecule has 5 heteroatoms. The molecule has 1 heterocycles. The highest BCUT2D eigenvalue weighted by Crippen LogP contribution is 2.46. The third-order valence-electron chi connectivity index (χ3n) is 3.38. The van der Waals surface area contributed by atoms with E-state index in [0.717, 1.165) is 29.7 Å². The second-order valence-corrected chi connectivity index (χ2v) is 4.65. The van der Waals surface area contributed by atoms with Gasteiger partial charge in [0.1, 0.15) is 0 Å². The summed E-state index contributed by atoms with van der Waals surface area (Å²) in [6, 6.07) is 5.70. The van der Waals surface area contributed by atoms with E-state index in [2.05, 4.69) is 5.16 Å². The molecule has 0 radical (unpaired) electrons. The van der Waals surface area contributed by atoms with Gasteiger partial charge in [-0.05, 0) is 30.5 Å². The van der Waals surface area contributed by atoms with Crippen LogP contribution in [0.3, 0.4) is 0 Å². The fourth-order valence-electron chi connectivity index (χ4n) is 2.23. The zero-order chi connectivity index (χ0) is 13.4. The van der Waals surface area contributed by atoms with Gasteiger partial charge in [-0.3, -0.25) is 0 Å². The maximum atomic E-state index is 5.90. The van der Waals surface area contributed by atoms with Crippen molar-refractivity contribution < 1.29 is 14.0 Å². The van der Waals surface area contributed by atoms with Gasteiger partial charge in [-0.2, -0.15) is 0 Å². The molecule has 0 saturated heterocycles. The van der Waals surface area contributed by atoms with Gasteiger partial charge in [0, 0.05) is 5.92 Å². The van der Waals surface area contributed by atoms with Gasteiger partial charge in [0.15, 0.2) is 11.5 Å². The molecule has 1 aromatic heterocycles. The zero-order valence-electron chi connectivity index (χ0n) is 11.0. The molecule has 0 spiro atoms. The first-order chi connectivity index (χ1) is 9.24. The number of anilines is 1. The Labute approximate surface area is 111 Å². The molecule has 2 N–H and O–H groups in total. The minimum absolute atomic E-state index is 0.356. The topological polar surface area (TPSA) is 70.5 Å². The number of hydrogen-bond donors (Lipinski definition) is 1. The third kappa shape index (κ3) is 2.01. The average Bonchev–Trinajstić information content (AvgIpc) is 3.21. The van der Waals surface area contributed by atoms with E-state index < -0.39 is 0 Å². The van der Waals surface area contributed by atoms with E-state index in [1.54, 1.807) is 14.2 Å². The summed E-state index contributed by atoms with van der Waals surface area (Å²) in [7, 11) is 3.22. The summed E-state index contributed by atoms with van der Waals surface area (Å²) < 4.78 is 15.7. The van der Waals surface area contributed by atoms with Gasteiger partial charge in [0.05, 0.1) is 25.5 Å². The van der Waals surface area contributed by atoms with Crippen LogP contribution in [0, 0.1) is 0 Å². The van der Waals surface area contributed by atoms with Crippen LogP contribution in [-0.4, -0.2) is 19.4 Å². The quantitative estimate of drug-likeness (QED) is 0.915. The van der Waals surface area contributed by atoms with Gasteiger partial charge in [-0.15, -0.1) is 0 Å². The number of nitrogen functional groups attached to an aromatic ring is 1. The normalized spacial score (nSPS) is 14.4. The SMILES string of the molecule is COc1ccc(-c2c(C3CC3)noc2N)cc1OC. The highest BCUT2D eigenvalue weighted by molar-refractivity contribution is 5.77. The van der Waals surface area contributed by atoms with Gasteiger partial charge in [-0.25, -0.2) is 0 Å². The molecule has 0 bridgehead atoms. The van der Waals surface area contributed by atoms with Crippen LogP contribution in [-0.2, 0) is 0 Å². The third-order valence-corrected chi connectivity index (χ3v) is 3.38. The highest BCUT2D eigenvalue weighted by Gasteiger charge is 2.31. The van der Waals surface area contributed by atoms with Crippen molar-refractivity contribution in [1.82, 2.24) is 5.16 Å². The van der Waals surface area contributed by atoms with E-state index in [0.29, 0.717) is 23.3 Å². The number of benzene rings is 1. The average molecular weight is 260 g/mol. The maximum absolute atomic E-state index is 5.90. The lowest BCUT2D eigenvalue weighted by molar-refractivity contribution is 0.355. The molecule has 1 aliphatic rings.